The van der Waals surface area contributed by atoms with Gasteiger partial charge in [0.2, 0.25) is 0 Å². The number of benzene rings is 1. The molecule has 0 saturated heterocycles. The van der Waals surface area contributed by atoms with Crippen molar-refractivity contribution in [2.45, 2.75) is 19.4 Å². The maximum absolute atomic E-state index is 13.7. The van der Waals surface area contributed by atoms with Gasteiger partial charge in [-0.2, -0.15) is 5.10 Å². The van der Waals surface area contributed by atoms with E-state index in [9.17, 15) is 4.39 Å². The Morgan fingerprint density at radius 3 is 2.65 bits per heavy atom. The summed E-state index contributed by atoms with van der Waals surface area (Å²) in [4.78, 5) is 0. The van der Waals surface area contributed by atoms with Crippen LogP contribution in [0.25, 0.3) is 0 Å². The van der Waals surface area contributed by atoms with Gasteiger partial charge in [-0.05, 0) is 52.7 Å². The van der Waals surface area contributed by atoms with Crippen LogP contribution in [0.15, 0.2) is 33.3 Å². The van der Waals surface area contributed by atoms with Crippen LogP contribution in [0.4, 0.5) is 4.39 Å². The zero-order chi connectivity index (χ0) is 14.7. The van der Waals surface area contributed by atoms with E-state index in [-0.39, 0.29) is 11.9 Å². The van der Waals surface area contributed by atoms with Gasteiger partial charge in [-0.25, -0.2) is 4.39 Å². The fourth-order valence-electron chi connectivity index (χ4n) is 2.15. The lowest BCUT2D eigenvalue weighted by Gasteiger charge is -2.20. The zero-order valence-electron chi connectivity index (χ0n) is 11.3. The lowest BCUT2D eigenvalue weighted by molar-refractivity contribution is 0.546. The van der Waals surface area contributed by atoms with E-state index in [1.807, 2.05) is 13.1 Å². The lowest BCUT2D eigenvalue weighted by Crippen LogP contribution is -2.25. The number of aromatic nitrogens is 2. The van der Waals surface area contributed by atoms with Gasteiger partial charge in [0.05, 0.1) is 22.4 Å². The van der Waals surface area contributed by atoms with Gasteiger partial charge in [-0.1, -0.05) is 22.9 Å². The molecule has 6 heteroatoms. The van der Waals surface area contributed by atoms with Crippen molar-refractivity contribution in [2.75, 3.05) is 6.54 Å². The third kappa shape index (κ3) is 3.48. The summed E-state index contributed by atoms with van der Waals surface area (Å²) in [5.41, 5.74) is 1.85. The van der Waals surface area contributed by atoms with Crippen LogP contribution in [0.2, 0.25) is 0 Å². The van der Waals surface area contributed by atoms with Crippen LogP contribution in [0, 0.1) is 5.82 Å². The average molecular weight is 405 g/mol. The van der Waals surface area contributed by atoms with E-state index in [1.165, 1.54) is 6.07 Å². The first-order chi connectivity index (χ1) is 9.52. The maximum Gasteiger partial charge on any atom is 0.124 e. The Balaban J connectivity index is 2.47. The molecule has 20 heavy (non-hydrogen) atoms. The summed E-state index contributed by atoms with van der Waals surface area (Å²) >= 11 is 6.86. The summed E-state index contributed by atoms with van der Waals surface area (Å²) in [7, 11) is 1.88. The van der Waals surface area contributed by atoms with Gasteiger partial charge in [-0.3, -0.25) is 4.68 Å². The number of halogens is 3. The molecule has 0 radical (unpaired) electrons. The molecule has 0 bridgehead atoms. The quantitative estimate of drug-likeness (QED) is 0.810. The van der Waals surface area contributed by atoms with Gasteiger partial charge in [0.1, 0.15) is 5.82 Å². The molecular formula is C14H16Br2FN3. The predicted octanol–water partition coefficient (Wildman–Crippen LogP) is 4.17. The number of rotatable bonds is 5. The standard InChI is InChI=1S/C14H16Br2FN3/c1-3-4-18-13(14-12(16)8-19-20(14)2)9-5-10(15)7-11(17)6-9/h5-8,13,18H,3-4H2,1-2H3. The molecule has 0 saturated carbocycles. The van der Waals surface area contributed by atoms with Gasteiger partial charge in [-0.15, -0.1) is 0 Å². The largest absolute Gasteiger partial charge is 0.305 e. The molecule has 1 heterocycles. The molecule has 1 N–H and O–H groups in total. The van der Waals surface area contributed by atoms with Gasteiger partial charge < -0.3 is 5.32 Å². The first-order valence-corrected chi connectivity index (χ1v) is 7.98. The zero-order valence-corrected chi connectivity index (χ0v) is 14.5. The molecule has 1 unspecified atom stereocenters. The van der Waals surface area contributed by atoms with Crippen LogP contribution in [-0.2, 0) is 7.05 Å². The van der Waals surface area contributed by atoms with Crippen LogP contribution in [0.5, 0.6) is 0 Å². The molecule has 0 spiro atoms. The molecule has 1 atom stereocenters. The number of aryl methyl sites for hydroxylation is 1. The first-order valence-electron chi connectivity index (χ1n) is 6.39. The molecule has 0 aliphatic heterocycles. The highest BCUT2D eigenvalue weighted by Gasteiger charge is 2.21. The Morgan fingerprint density at radius 1 is 1.35 bits per heavy atom. The van der Waals surface area contributed by atoms with E-state index < -0.39 is 0 Å². The Morgan fingerprint density at radius 2 is 2.10 bits per heavy atom. The van der Waals surface area contributed by atoms with E-state index in [2.05, 4.69) is 49.2 Å². The Labute approximate surface area is 134 Å². The lowest BCUT2D eigenvalue weighted by atomic mass is 10.0. The molecule has 2 aromatic rings. The molecule has 108 valence electrons. The molecule has 2 rings (SSSR count). The number of hydrogen-bond donors (Lipinski definition) is 1. The van der Waals surface area contributed by atoms with Crippen LogP contribution in [0.1, 0.15) is 30.6 Å². The minimum Gasteiger partial charge on any atom is -0.305 e. The van der Waals surface area contributed by atoms with E-state index >= 15 is 0 Å². The van der Waals surface area contributed by atoms with E-state index in [0.29, 0.717) is 0 Å². The molecule has 0 fully saturated rings. The molecule has 1 aromatic carbocycles. The monoisotopic (exact) mass is 403 g/mol. The summed E-state index contributed by atoms with van der Waals surface area (Å²) in [6.45, 7) is 2.94. The minimum absolute atomic E-state index is 0.108. The van der Waals surface area contributed by atoms with E-state index in [1.54, 1.807) is 16.9 Å². The molecular weight excluding hydrogens is 389 g/mol. The summed E-state index contributed by atoms with van der Waals surface area (Å²) in [5.74, 6) is -0.254. The Hall–Kier alpha value is -0.720. The van der Waals surface area contributed by atoms with E-state index in [0.717, 1.165) is 33.2 Å². The SMILES string of the molecule is CCCNC(c1cc(F)cc(Br)c1)c1c(Br)cnn1C. The van der Waals surface area contributed by atoms with E-state index in [4.69, 9.17) is 0 Å². The van der Waals surface area contributed by atoms with Crippen molar-refractivity contribution < 1.29 is 4.39 Å². The van der Waals surface area contributed by atoms with Gasteiger partial charge >= 0.3 is 0 Å². The highest BCUT2D eigenvalue weighted by Crippen LogP contribution is 2.30. The van der Waals surface area contributed by atoms with Crippen molar-refractivity contribution in [3.63, 3.8) is 0 Å². The van der Waals surface area contributed by atoms with Crippen LogP contribution >= 0.6 is 31.9 Å². The minimum atomic E-state index is -0.254. The third-order valence-electron chi connectivity index (χ3n) is 3.03. The summed E-state index contributed by atoms with van der Waals surface area (Å²) in [6, 6.07) is 4.83. The highest BCUT2D eigenvalue weighted by atomic mass is 79.9. The Bertz CT molecular complexity index is 558. The molecule has 3 nitrogen and oxygen atoms in total. The van der Waals surface area contributed by atoms with Crippen molar-refractivity contribution in [1.82, 2.24) is 15.1 Å². The average Bonchev–Trinajstić information content (AvgIpc) is 2.70. The van der Waals surface area contributed by atoms with Gasteiger partial charge in [0.15, 0.2) is 0 Å². The normalized spacial score (nSPS) is 12.7. The second-order valence-corrected chi connectivity index (χ2v) is 6.36. The number of hydrogen-bond acceptors (Lipinski definition) is 2. The summed E-state index contributed by atoms with van der Waals surface area (Å²) in [5, 5.41) is 7.69. The molecule has 0 aliphatic rings. The van der Waals surface area contributed by atoms with Crippen molar-refractivity contribution in [3.8, 4) is 0 Å². The molecule has 0 aliphatic carbocycles. The number of nitrogens with one attached hydrogen (secondary N) is 1. The van der Waals surface area contributed by atoms with Crippen molar-refractivity contribution in [3.05, 3.63) is 50.4 Å². The second-order valence-electron chi connectivity index (χ2n) is 4.59. The van der Waals surface area contributed by atoms with Crippen LogP contribution in [0.3, 0.4) is 0 Å². The fourth-order valence-corrected chi connectivity index (χ4v) is 3.21. The number of nitrogens with zero attached hydrogens (tertiary/aromatic N) is 2. The van der Waals surface area contributed by atoms with Gasteiger partial charge in [0.25, 0.3) is 0 Å². The van der Waals surface area contributed by atoms with Crippen molar-refractivity contribution in [1.29, 1.82) is 0 Å². The summed E-state index contributed by atoms with van der Waals surface area (Å²) in [6.07, 6.45) is 2.76. The molecule has 0 amide bonds. The summed E-state index contributed by atoms with van der Waals surface area (Å²) < 4.78 is 17.1. The second kappa shape index (κ2) is 6.83. The fraction of sp³-hybridized carbons (Fsp3) is 0.357. The molecule has 1 aromatic heterocycles. The third-order valence-corrected chi connectivity index (χ3v) is 4.10. The maximum atomic E-state index is 13.7. The van der Waals surface area contributed by atoms with Crippen LogP contribution in [-0.4, -0.2) is 16.3 Å². The first kappa shape index (κ1) is 15.7. The van der Waals surface area contributed by atoms with Crippen molar-refractivity contribution >= 4 is 31.9 Å². The van der Waals surface area contributed by atoms with Gasteiger partial charge in [0, 0.05) is 11.5 Å². The van der Waals surface area contributed by atoms with Crippen LogP contribution < -0.4 is 5.32 Å². The predicted molar refractivity (Wildman–Crippen MR) is 85.1 cm³/mol. The topological polar surface area (TPSA) is 29.9 Å². The smallest absolute Gasteiger partial charge is 0.124 e. The highest BCUT2D eigenvalue weighted by molar-refractivity contribution is 9.10. The van der Waals surface area contributed by atoms with Crippen molar-refractivity contribution in [2.24, 2.45) is 7.05 Å². The Kier molecular flexibility index (Phi) is 5.35.